The Morgan fingerprint density at radius 2 is 1.60 bits per heavy atom. The smallest absolute Gasteiger partial charge is 0.298 e. The minimum atomic E-state index is 0.487. The first-order valence-electron chi connectivity index (χ1n) is 5.53. The molecule has 0 saturated carbocycles. The summed E-state index contributed by atoms with van der Waals surface area (Å²) in [6.07, 6.45) is 4.28. The maximum absolute atomic E-state index is 10.3. The molecule has 0 N–H and O–H groups in total. The standard InChI is InChI=1S/C13H18O2/c1-3-5-11-7-12(6-4-2)9-13(8-11)15-10-14/h7-10H,3-6H2,1-2H3. The molecule has 82 valence electrons. The highest BCUT2D eigenvalue weighted by Crippen LogP contribution is 2.19. The number of aryl methyl sites for hydroxylation is 2. The van der Waals surface area contributed by atoms with Gasteiger partial charge in [-0.2, -0.15) is 0 Å². The SMILES string of the molecule is CCCc1cc(CCC)cc(OC=O)c1. The van der Waals surface area contributed by atoms with Gasteiger partial charge in [-0.25, -0.2) is 0 Å². The van der Waals surface area contributed by atoms with Gasteiger partial charge in [0.1, 0.15) is 5.75 Å². The Hall–Kier alpha value is -1.31. The Labute approximate surface area is 91.3 Å². The molecule has 15 heavy (non-hydrogen) atoms. The van der Waals surface area contributed by atoms with Gasteiger partial charge >= 0.3 is 0 Å². The van der Waals surface area contributed by atoms with Gasteiger partial charge in [-0.05, 0) is 36.1 Å². The van der Waals surface area contributed by atoms with E-state index in [1.807, 2.05) is 12.1 Å². The fraction of sp³-hybridized carbons (Fsp3) is 0.462. The monoisotopic (exact) mass is 206 g/mol. The van der Waals surface area contributed by atoms with Crippen molar-refractivity contribution in [3.8, 4) is 5.75 Å². The van der Waals surface area contributed by atoms with Gasteiger partial charge in [-0.15, -0.1) is 0 Å². The Bertz CT molecular complexity index is 294. The summed E-state index contributed by atoms with van der Waals surface area (Å²) in [7, 11) is 0. The van der Waals surface area contributed by atoms with Crippen molar-refractivity contribution in [1.29, 1.82) is 0 Å². The van der Waals surface area contributed by atoms with Gasteiger partial charge in [0.05, 0.1) is 0 Å². The molecule has 0 fully saturated rings. The molecule has 0 aliphatic carbocycles. The lowest BCUT2D eigenvalue weighted by Gasteiger charge is -2.07. The van der Waals surface area contributed by atoms with Crippen LogP contribution in [0.3, 0.4) is 0 Å². The van der Waals surface area contributed by atoms with E-state index in [2.05, 4.69) is 19.9 Å². The van der Waals surface area contributed by atoms with Crippen molar-refractivity contribution in [2.45, 2.75) is 39.5 Å². The van der Waals surface area contributed by atoms with Crippen LogP contribution in [0.15, 0.2) is 18.2 Å². The molecule has 0 unspecified atom stereocenters. The first-order valence-corrected chi connectivity index (χ1v) is 5.53. The summed E-state index contributed by atoms with van der Waals surface area (Å²) in [4.78, 5) is 10.3. The number of benzene rings is 1. The zero-order valence-electron chi connectivity index (χ0n) is 9.45. The minimum Gasteiger partial charge on any atom is -0.429 e. The molecule has 0 heterocycles. The topological polar surface area (TPSA) is 26.3 Å². The molecular formula is C13H18O2. The maximum atomic E-state index is 10.3. The predicted molar refractivity (Wildman–Crippen MR) is 61.1 cm³/mol. The molecular weight excluding hydrogens is 188 g/mol. The van der Waals surface area contributed by atoms with Crippen LogP contribution in [0.5, 0.6) is 5.75 Å². The average Bonchev–Trinajstić information content (AvgIpc) is 2.19. The highest BCUT2D eigenvalue weighted by Gasteiger charge is 2.01. The molecule has 2 nitrogen and oxygen atoms in total. The highest BCUT2D eigenvalue weighted by atomic mass is 16.5. The molecule has 0 amide bonds. The van der Waals surface area contributed by atoms with Crippen molar-refractivity contribution in [2.24, 2.45) is 0 Å². The van der Waals surface area contributed by atoms with Crippen molar-refractivity contribution in [1.82, 2.24) is 0 Å². The molecule has 1 aromatic carbocycles. The number of carbonyl (C=O) groups is 1. The van der Waals surface area contributed by atoms with Crippen molar-refractivity contribution in [3.63, 3.8) is 0 Å². The molecule has 1 rings (SSSR count). The summed E-state index contributed by atoms with van der Waals surface area (Å²) < 4.78 is 4.90. The third-order valence-corrected chi connectivity index (χ3v) is 2.29. The second kappa shape index (κ2) is 6.23. The Morgan fingerprint density at radius 1 is 1.07 bits per heavy atom. The minimum absolute atomic E-state index is 0.487. The zero-order chi connectivity index (χ0) is 11.1. The predicted octanol–water partition coefficient (Wildman–Crippen LogP) is 3.13. The third kappa shape index (κ3) is 3.74. The van der Waals surface area contributed by atoms with Gasteiger partial charge in [0.15, 0.2) is 0 Å². The Balaban J connectivity index is 2.91. The fourth-order valence-corrected chi connectivity index (χ4v) is 1.72. The van der Waals surface area contributed by atoms with E-state index in [4.69, 9.17) is 4.74 Å². The molecule has 0 saturated heterocycles. The Kier molecular flexibility index (Phi) is 4.88. The van der Waals surface area contributed by atoms with Gasteiger partial charge in [0.2, 0.25) is 0 Å². The molecule has 0 aliphatic rings. The number of hydrogen-bond donors (Lipinski definition) is 0. The van der Waals surface area contributed by atoms with E-state index in [-0.39, 0.29) is 0 Å². The number of hydrogen-bond acceptors (Lipinski definition) is 2. The number of carbonyl (C=O) groups excluding carboxylic acids is 1. The Morgan fingerprint density at radius 3 is 2.00 bits per heavy atom. The molecule has 2 heteroatoms. The summed E-state index contributed by atoms with van der Waals surface area (Å²) >= 11 is 0. The molecule has 1 aromatic rings. The summed E-state index contributed by atoms with van der Waals surface area (Å²) in [5, 5.41) is 0. The van der Waals surface area contributed by atoms with E-state index < -0.39 is 0 Å². The van der Waals surface area contributed by atoms with Crippen molar-refractivity contribution in [2.75, 3.05) is 0 Å². The summed E-state index contributed by atoms with van der Waals surface area (Å²) in [5.74, 6) is 0.666. The van der Waals surface area contributed by atoms with Crippen LogP contribution in [0, 0.1) is 0 Å². The van der Waals surface area contributed by atoms with Crippen LogP contribution in [-0.2, 0) is 17.6 Å². The molecule has 0 aromatic heterocycles. The number of ether oxygens (including phenoxy) is 1. The van der Waals surface area contributed by atoms with Crippen molar-refractivity contribution < 1.29 is 9.53 Å². The average molecular weight is 206 g/mol. The third-order valence-electron chi connectivity index (χ3n) is 2.29. The fourth-order valence-electron chi connectivity index (χ4n) is 1.72. The van der Waals surface area contributed by atoms with E-state index in [0.29, 0.717) is 12.2 Å². The molecule has 0 spiro atoms. The molecule has 0 bridgehead atoms. The summed E-state index contributed by atoms with van der Waals surface area (Å²) in [5.41, 5.74) is 2.50. The second-order valence-corrected chi connectivity index (χ2v) is 3.70. The molecule has 0 radical (unpaired) electrons. The van der Waals surface area contributed by atoms with Crippen LogP contribution in [0.25, 0.3) is 0 Å². The van der Waals surface area contributed by atoms with Gasteiger partial charge in [0.25, 0.3) is 6.47 Å². The van der Waals surface area contributed by atoms with Crippen LogP contribution in [0.1, 0.15) is 37.8 Å². The normalized spacial score (nSPS) is 10.0. The summed E-state index contributed by atoms with van der Waals surface area (Å²) in [6, 6.07) is 6.08. The first kappa shape index (κ1) is 11.8. The lowest BCUT2D eigenvalue weighted by Crippen LogP contribution is -1.94. The van der Waals surface area contributed by atoms with Gasteiger partial charge < -0.3 is 4.74 Å². The first-order chi connectivity index (χ1) is 7.30. The van der Waals surface area contributed by atoms with Crippen LogP contribution in [-0.4, -0.2) is 6.47 Å². The zero-order valence-corrected chi connectivity index (χ0v) is 9.45. The van der Waals surface area contributed by atoms with Crippen LogP contribution in [0.2, 0.25) is 0 Å². The van der Waals surface area contributed by atoms with Gasteiger partial charge in [0, 0.05) is 0 Å². The quantitative estimate of drug-likeness (QED) is 0.668. The lowest BCUT2D eigenvalue weighted by atomic mass is 10.0. The van der Waals surface area contributed by atoms with Crippen molar-refractivity contribution in [3.05, 3.63) is 29.3 Å². The molecule has 0 aliphatic heterocycles. The highest BCUT2D eigenvalue weighted by molar-refractivity contribution is 5.47. The lowest BCUT2D eigenvalue weighted by molar-refractivity contribution is -0.120. The van der Waals surface area contributed by atoms with Gasteiger partial charge in [-0.1, -0.05) is 32.8 Å². The van der Waals surface area contributed by atoms with Crippen LogP contribution < -0.4 is 4.74 Å². The largest absolute Gasteiger partial charge is 0.429 e. The number of rotatable bonds is 6. The second-order valence-electron chi connectivity index (χ2n) is 3.70. The summed E-state index contributed by atoms with van der Waals surface area (Å²) in [6.45, 7) is 4.78. The van der Waals surface area contributed by atoms with E-state index in [9.17, 15) is 4.79 Å². The van der Waals surface area contributed by atoms with Gasteiger partial charge in [-0.3, -0.25) is 4.79 Å². The maximum Gasteiger partial charge on any atom is 0.298 e. The van der Waals surface area contributed by atoms with E-state index >= 15 is 0 Å². The van der Waals surface area contributed by atoms with E-state index in [1.54, 1.807) is 0 Å². The van der Waals surface area contributed by atoms with Crippen molar-refractivity contribution >= 4 is 6.47 Å². The van der Waals surface area contributed by atoms with E-state index in [0.717, 1.165) is 25.7 Å². The van der Waals surface area contributed by atoms with Crippen LogP contribution >= 0.6 is 0 Å². The molecule has 0 atom stereocenters. The van der Waals surface area contributed by atoms with Crippen LogP contribution in [0.4, 0.5) is 0 Å². The van der Waals surface area contributed by atoms with E-state index in [1.165, 1.54) is 11.1 Å².